The Morgan fingerprint density at radius 2 is 1.89 bits per heavy atom. The second-order valence-electron chi connectivity index (χ2n) is 5.11. The molecule has 0 aliphatic rings. The molecule has 0 heterocycles. The zero-order chi connectivity index (χ0) is 13.8. The van der Waals surface area contributed by atoms with Gasteiger partial charge in [-0.1, -0.05) is 27.7 Å². The van der Waals surface area contributed by atoms with Gasteiger partial charge in [0.2, 0.25) is 0 Å². The van der Waals surface area contributed by atoms with E-state index in [-0.39, 0.29) is 0 Å². The fraction of sp³-hybridized carbons (Fsp3) is 0.929. The minimum Gasteiger partial charge on any atom is -0.370 e. The average Bonchev–Trinajstić information content (AvgIpc) is 2.33. The van der Waals surface area contributed by atoms with Gasteiger partial charge in [-0.15, -0.1) is 0 Å². The lowest BCUT2D eigenvalue weighted by Crippen LogP contribution is -2.33. The molecule has 0 aliphatic heterocycles. The molecule has 0 fully saturated rings. The molecule has 0 rings (SSSR count). The molecular formula is C14H32N4. The van der Waals surface area contributed by atoms with E-state index in [9.17, 15) is 0 Å². The highest BCUT2D eigenvalue weighted by atomic mass is 15.1. The molecule has 0 spiro atoms. The predicted molar refractivity (Wildman–Crippen MR) is 81.0 cm³/mol. The first-order valence-electron chi connectivity index (χ1n) is 7.36. The molecule has 4 nitrogen and oxygen atoms in total. The van der Waals surface area contributed by atoms with Crippen molar-refractivity contribution in [2.45, 2.75) is 47.0 Å². The third kappa shape index (κ3) is 10.4. The van der Waals surface area contributed by atoms with Gasteiger partial charge in [-0.3, -0.25) is 4.99 Å². The van der Waals surface area contributed by atoms with Crippen LogP contribution in [0.4, 0.5) is 0 Å². The Balaban J connectivity index is 3.50. The van der Waals surface area contributed by atoms with Crippen LogP contribution in [0.25, 0.3) is 0 Å². The number of nitrogens with one attached hydrogen (secondary N) is 1. The van der Waals surface area contributed by atoms with Gasteiger partial charge in [-0.2, -0.15) is 0 Å². The lowest BCUT2D eigenvalue weighted by Gasteiger charge is -2.17. The van der Waals surface area contributed by atoms with Crippen molar-refractivity contribution in [2.75, 3.05) is 32.7 Å². The molecular weight excluding hydrogens is 224 g/mol. The quantitative estimate of drug-likeness (QED) is 0.357. The molecule has 0 aromatic carbocycles. The van der Waals surface area contributed by atoms with Gasteiger partial charge in [0.05, 0.1) is 0 Å². The van der Waals surface area contributed by atoms with Crippen LogP contribution < -0.4 is 11.1 Å². The van der Waals surface area contributed by atoms with Crippen LogP contribution in [0, 0.1) is 5.92 Å². The van der Waals surface area contributed by atoms with Gasteiger partial charge < -0.3 is 16.0 Å². The number of nitrogens with two attached hydrogens (primary N) is 1. The Morgan fingerprint density at radius 1 is 1.22 bits per heavy atom. The highest BCUT2D eigenvalue weighted by Crippen LogP contribution is 1.97. The van der Waals surface area contributed by atoms with Gasteiger partial charge in [-0.25, -0.2) is 0 Å². The standard InChI is InChI=1S/C14H32N4/c1-5-18(6-2)12-8-7-10-16-14(15)17-11-9-13(3)4/h13H,5-12H2,1-4H3,(H3,15,16,17). The highest BCUT2D eigenvalue weighted by molar-refractivity contribution is 5.77. The van der Waals surface area contributed by atoms with Gasteiger partial charge in [0, 0.05) is 13.1 Å². The molecule has 0 aliphatic carbocycles. The number of hydrogen-bond donors (Lipinski definition) is 2. The lowest BCUT2D eigenvalue weighted by molar-refractivity contribution is 0.297. The van der Waals surface area contributed by atoms with Gasteiger partial charge >= 0.3 is 0 Å². The van der Waals surface area contributed by atoms with Crippen molar-refractivity contribution < 1.29 is 0 Å². The van der Waals surface area contributed by atoms with Crippen LogP contribution in [0.2, 0.25) is 0 Å². The average molecular weight is 256 g/mol. The SMILES string of the molecule is CCN(CC)CCCCN=C(N)NCCC(C)C. The Labute approximate surface area is 113 Å². The monoisotopic (exact) mass is 256 g/mol. The van der Waals surface area contributed by atoms with Gasteiger partial charge in [0.1, 0.15) is 0 Å². The molecule has 0 aromatic heterocycles. The summed E-state index contributed by atoms with van der Waals surface area (Å²) >= 11 is 0. The molecule has 0 aromatic rings. The maximum absolute atomic E-state index is 5.78. The summed E-state index contributed by atoms with van der Waals surface area (Å²) < 4.78 is 0. The Morgan fingerprint density at radius 3 is 2.44 bits per heavy atom. The smallest absolute Gasteiger partial charge is 0.188 e. The van der Waals surface area contributed by atoms with E-state index in [1.165, 1.54) is 13.0 Å². The van der Waals surface area contributed by atoms with Crippen molar-refractivity contribution in [1.29, 1.82) is 0 Å². The van der Waals surface area contributed by atoms with E-state index in [4.69, 9.17) is 5.73 Å². The number of unbranched alkanes of at least 4 members (excludes halogenated alkanes) is 1. The Kier molecular flexibility index (Phi) is 10.8. The molecule has 108 valence electrons. The third-order valence-corrected chi connectivity index (χ3v) is 3.09. The zero-order valence-electron chi connectivity index (χ0n) is 12.7. The van der Waals surface area contributed by atoms with Crippen molar-refractivity contribution in [2.24, 2.45) is 16.6 Å². The maximum Gasteiger partial charge on any atom is 0.188 e. The largest absolute Gasteiger partial charge is 0.370 e. The molecule has 0 radical (unpaired) electrons. The first-order chi connectivity index (χ1) is 8.60. The lowest BCUT2D eigenvalue weighted by atomic mass is 10.1. The van der Waals surface area contributed by atoms with E-state index in [0.717, 1.165) is 39.0 Å². The van der Waals surface area contributed by atoms with E-state index in [1.807, 2.05) is 0 Å². The van der Waals surface area contributed by atoms with Crippen molar-refractivity contribution in [1.82, 2.24) is 10.2 Å². The molecule has 4 heteroatoms. The van der Waals surface area contributed by atoms with Gasteiger partial charge in [0.25, 0.3) is 0 Å². The van der Waals surface area contributed by atoms with Crippen LogP contribution in [-0.4, -0.2) is 43.6 Å². The molecule has 0 bridgehead atoms. The van der Waals surface area contributed by atoms with E-state index in [0.29, 0.717) is 11.9 Å². The number of aliphatic imine (C=N–C) groups is 1. The molecule has 0 amide bonds. The fourth-order valence-electron chi connectivity index (χ4n) is 1.73. The van der Waals surface area contributed by atoms with Gasteiger partial charge in [-0.05, 0) is 44.8 Å². The van der Waals surface area contributed by atoms with Crippen LogP contribution in [0.3, 0.4) is 0 Å². The number of guanidine groups is 1. The van der Waals surface area contributed by atoms with Gasteiger partial charge in [0.15, 0.2) is 5.96 Å². The summed E-state index contributed by atoms with van der Waals surface area (Å²) in [6, 6.07) is 0. The molecule has 3 N–H and O–H groups in total. The number of nitrogens with zero attached hydrogens (tertiary/aromatic N) is 2. The summed E-state index contributed by atoms with van der Waals surface area (Å²) in [6.07, 6.45) is 3.45. The van der Waals surface area contributed by atoms with Crippen LogP contribution in [0.15, 0.2) is 4.99 Å². The van der Waals surface area contributed by atoms with Crippen molar-refractivity contribution in [3.63, 3.8) is 0 Å². The van der Waals surface area contributed by atoms with E-state index in [1.54, 1.807) is 0 Å². The van der Waals surface area contributed by atoms with E-state index < -0.39 is 0 Å². The second-order valence-corrected chi connectivity index (χ2v) is 5.11. The van der Waals surface area contributed by atoms with Crippen LogP contribution in [-0.2, 0) is 0 Å². The summed E-state index contributed by atoms with van der Waals surface area (Å²) in [4.78, 5) is 6.77. The van der Waals surface area contributed by atoms with E-state index >= 15 is 0 Å². The number of rotatable bonds is 10. The molecule has 0 atom stereocenters. The minimum absolute atomic E-state index is 0.596. The predicted octanol–water partition coefficient (Wildman–Crippen LogP) is 2.06. The van der Waals surface area contributed by atoms with Crippen molar-refractivity contribution in [3.8, 4) is 0 Å². The zero-order valence-corrected chi connectivity index (χ0v) is 12.7. The summed E-state index contributed by atoms with van der Waals surface area (Å²) in [6.45, 7) is 14.0. The summed E-state index contributed by atoms with van der Waals surface area (Å²) in [5.74, 6) is 1.30. The second kappa shape index (κ2) is 11.3. The summed E-state index contributed by atoms with van der Waals surface area (Å²) in [5, 5.41) is 3.15. The molecule has 18 heavy (non-hydrogen) atoms. The molecule has 0 saturated carbocycles. The summed E-state index contributed by atoms with van der Waals surface area (Å²) in [5.41, 5.74) is 5.78. The van der Waals surface area contributed by atoms with Crippen molar-refractivity contribution in [3.05, 3.63) is 0 Å². The summed E-state index contributed by atoms with van der Waals surface area (Å²) in [7, 11) is 0. The minimum atomic E-state index is 0.596. The third-order valence-electron chi connectivity index (χ3n) is 3.09. The molecule has 0 saturated heterocycles. The van der Waals surface area contributed by atoms with Crippen LogP contribution in [0.1, 0.15) is 47.0 Å². The van der Waals surface area contributed by atoms with Crippen LogP contribution >= 0.6 is 0 Å². The Bertz CT molecular complexity index is 210. The molecule has 0 unspecified atom stereocenters. The fourth-order valence-corrected chi connectivity index (χ4v) is 1.73. The first kappa shape index (κ1) is 17.2. The first-order valence-corrected chi connectivity index (χ1v) is 7.36. The topological polar surface area (TPSA) is 53.6 Å². The van der Waals surface area contributed by atoms with E-state index in [2.05, 4.69) is 42.9 Å². The maximum atomic E-state index is 5.78. The van der Waals surface area contributed by atoms with Crippen molar-refractivity contribution >= 4 is 5.96 Å². The Hall–Kier alpha value is -0.770. The highest BCUT2D eigenvalue weighted by Gasteiger charge is 1.98. The number of hydrogen-bond acceptors (Lipinski definition) is 2. The van der Waals surface area contributed by atoms with Crippen LogP contribution in [0.5, 0.6) is 0 Å². The normalized spacial score (nSPS) is 12.4.